The first-order valence-corrected chi connectivity index (χ1v) is 9.50. The summed E-state index contributed by atoms with van der Waals surface area (Å²) in [5.74, 6) is -0.906. The number of anilines is 1. The summed E-state index contributed by atoms with van der Waals surface area (Å²) in [5.41, 5.74) is 3.08. The lowest BCUT2D eigenvalue weighted by atomic mass is 9.98. The number of hydrogen-bond acceptors (Lipinski definition) is 3. The molecule has 5 nitrogen and oxygen atoms in total. The molecule has 2 aliphatic rings. The number of nitrogens with zero attached hydrogens (tertiary/aromatic N) is 2. The number of hydrogen-bond donors (Lipinski definition) is 0. The smallest absolute Gasteiger partial charge is 0.227 e. The molecule has 0 aromatic heterocycles. The highest BCUT2D eigenvalue weighted by Gasteiger charge is 2.37. The van der Waals surface area contributed by atoms with Crippen LogP contribution < -0.4 is 4.90 Å². The average molecular weight is 382 g/mol. The molecule has 0 bridgehead atoms. The van der Waals surface area contributed by atoms with Crippen molar-refractivity contribution in [1.82, 2.24) is 4.90 Å². The highest BCUT2D eigenvalue weighted by Crippen LogP contribution is 2.27. The molecule has 2 atom stereocenters. The van der Waals surface area contributed by atoms with E-state index >= 15 is 0 Å². The van der Waals surface area contributed by atoms with E-state index in [0.29, 0.717) is 25.4 Å². The van der Waals surface area contributed by atoms with Gasteiger partial charge in [0.05, 0.1) is 18.6 Å². The normalized spacial score (nSPS) is 21.5. The number of ether oxygens (including phenoxy) is 1. The zero-order valence-corrected chi connectivity index (χ0v) is 15.8. The molecule has 1 fully saturated rings. The van der Waals surface area contributed by atoms with Crippen LogP contribution in [0.5, 0.6) is 0 Å². The van der Waals surface area contributed by atoms with Crippen LogP contribution >= 0.6 is 0 Å². The summed E-state index contributed by atoms with van der Waals surface area (Å²) in [4.78, 5) is 28.5. The van der Waals surface area contributed by atoms with E-state index in [9.17, 15) is 14.0 Å². The number of rotatable bonds is 4. The maximum absolute atomic E-state index is 13.1. The fourth-order valence-corrected chi connectivity index (χ4v) is 3.98. The quantitative estimate of drug-likeness (QED) is 0.817. The van der Waals surface area contributed by atoms with E-state index in [1.165, 1.54) is 23.3 Å². The van der Waals surface area contributed by atoms with E-state index in [2.05, 4.69) is 12.1 Å². The zero-order valence-electron chi connectivity index (χ0n) is 15.8. The van der Waals surface area contributed by atoms with E-state index in [4.69, 9.17) is 4.74 Å². The van der Waals surface area contributed by atoms with Crippen molar-refractivity contribution in [3.05, 3.63) is 65.5 Å². The first-order valence-electron chi connectivity index (χ1n) is 9.50. The molecule has 2 aliphatic heterocycles. The Balaban J connectivity index is 1.37. The third-order valence-corrected chi connectivity index (χ3v) is 5.51. The van der Waals surface area contributed by atoms with Crippen LogP contribution in [0.15, 0.2) is 48.5 Å². The fourth-order valence-electron chi connectivity index (χ4n) is 3.98. The van der Waals surface area contributed by atoms with Crippen LogP contribution in [-0.4, -0.2) is 43.0 Å². The van der Waals surface area contributed by atoms with Gasteiger partial charge in [-0.2, -0.15) is 0 Å². The maximum atomic E-state index is 13.1. The van der Waals surface area contributed by atoms with Gasteiger partial charge in [0.25, 0.3) is 0 Å². The maximum Gasteiger partial charge on any atom is 0.227 e. The van der Waals surface area contributed by atoms with Gasteiger partial charge in [0, 0.05) is 38.7 Å². The Morgan fingerprint density at radius 2 is 1.86 bits per heavy atom. The second kappa shape index (κ2) is 7.72. The Labute approximate surface area is 163 Å². The summed E-state index contributed by atoms with van der Waals surface area (Å²) in [5, 5.41) is 0. The molecular weight excluding hydrogens is 359 g/mol. The lowest BCUT2D eigenvalue weighted by Crippen LogP contribution is -2.41. The average Bonchev–Trinajstić information content (AvgIpc) is 3.09. The largest absolute Gasteiger partial charge is 0.371 e. The van der Waals surface area contributed by atoms with Crippen molar-refractivity contribution >= 4 is 17.5 Å². The third-order valence-electron chi connectivity index (χ3n) is 5.51. The molecule has 28 heavy (non-hydrogen) atoms. The SMILES string of the molecule is CN(CC1Cc2ccccc2CO1)C(=O)C1CC(=O)N(c2ccc(F)cc2)C1. The van der Waals surface area contributed by atoms with Gasteiger partial charge in [-0.05, 0) is 35.4 Å². The van der Waals surface area contributed by atoms with Gasteiger partial charge in [-0.15, -0.1) is 0 Å². The van der Waals surface area contributed by atoms with Crippen LogP contribution in [0.4, 0.5) is 10.1 Å². The van der Waals surface area contributed by atoms with E-state index < -0.39 is 5.92 Å². The molecule has 4 rings (SSSR count). The van der Waals surface area contributed by atoms with Crippen molar-refractivity contribution in [2.75, 3.05) is 25.0 Å². The Bertz CT molecular complexity index is 884. The van der Waals surface area contributed by atoms with Crippen LogP contribution in [0, 0.1) is 11.7 Å². The lowest BCUT2D eigenvalue weighted by molar-refractivity contribution is -0.136. The molecule has 2 heterocycles. The predicted molar refractivity (Wildman–Crippen MR) is 103 cm³/mol. The van der Waals surface area contributed by atoms with Crippen LogP contribution in [0.25, 0.3) is 0 Å². The zero-order chi connectivity index (χ0) is 19.7. The van der Waals surface area contributed by atoms with Crippen molar-refractivity contribution in [3.63, 3.8) is 0 Å². The molecule has 0 spiro atoms. The van der Waals surface area contributed by atoms with E-state index in [0.717, 1.165) is 6.42 Å². The first kappa shape index (κ1) is 18.6. The highest BCUT2D eigenvalue weighted by molar-refractivity contribution is 6.00. The molecule has 2 aromatic rings. The Morgan fingerprint density at radius 3 is 2.61 bits per heavy atom. The minimum absolute atomic E-state index is 0.0471. The molecule has 2 amide bonds. The molecular formula is C22H23FN2O3. The van der Waals surface area contributed by atoms with Gasteiger partial charge >= 0.3 is 0 Å². The van der Waals surface area contributed by atoms with Gasteiger partial charge in [-0.3, -0.25) is 9.59 Å². The number of carbonyl (C=O) groups excluding carboxylic acids is 2. The summed E-state index contributed by atoms with van der Waals surface area (Å²) < 4.78 is 19.0. The van der Waals surface area contributed by atoms with Crippen LogP contribution in [0.2, 0.25) is 0 Å². The van der Waals surface area contributed by atoms with Crippen LogP contribution in [0.1, 0.15) is 17.5 Å². The summed E-state index contributed by atoms with van der Waals surface area (Å²) in [7, 11) is 1.76. The minimum Gasteiger partial charge on any atom is -0.371 e. The molecule has 2 unspecified atom stereocenters. The standard InChI is InChI=1S/C22H23FN2O3/c1-24(13-20-10-15-4-2-3-5-16(15)14-28-20)22(27)17-11-21(26)25(12-17)19-8-6-18(23)7-9-19/h2-9,17,20H,10-14H2,1H3. The molecule has 0 aliphatic carbocycles. The number of benzene rings is 2. The number of amides is 2. The Hall–Kier alpha value is -2.73. The van der Waals surface area contributed by atoms with Gasteiger partial charge < -0.3 is 14.5 Å². The summed E-state index contributed by atoms with van der Waals surface area (Å²) in [6.45, 7) is 1.37. The molecule has 0 saturated carbocycles. The van der Waals surface area contributed by atoms with Gasteiger partial charge in [0.2, 0.25) is 11.8 Å². The minimum atomic E-state index is -0.390. The second-order valence-corrected chi connectivity index (χ2v) is 7.51. The number of halogens is 1. The number of likely N-dealkylation sites (N-methyl/N-ethyl adjacent to an activating group) is 1. The lowest BCUT2D eigenvalue weighted by Gasteiger charge is -2.30. The first-order chi connectivity index (χ1) is 13.5. The van der Waals surface area contributed by atoms with E-state index in [1.807, 2.05) is 12.1 Å². The van der Waals surface area contributed by atoms with Crippen LogP contribution in [-0.2, 0) is 27.4 Å². The van der Waals surface area contributed by atoms with Crippen molar-refractivity contribution in [2.45, 2.75) is 25.6 Å². The van der Waals surface area contributed by atoms with Crippen molar-refractivity contribution in [1.29, 1.82) is 0 Å². The number of fused-ring (bicyclic) bond motifs is 1. The van der Waals surface area contributed by atoms with Gasteiger partial charge in [0.15, 0.2) is 0 Å². The van der Waals surface area contributed by atoms with E-state index in [-0.39, 0.29) is 30.2 Å². The van der Waals surface area contributed by atoms with Gasteiger partial charge in [-0.1, -0.05) is 24.3 Å². The molecule has 0 N–H and O–H groups in total. The highest BCUT2D eigenvalue weighted by atomic mass is 19.1. The van der Waals surface area contributed by atoms with Crippen LogP contribution in [0.3, 0.4) is 0 Å². The predicted octanol–water partition coefficient (Wildman–Crippen LogP) is 2.78. The molecule has 0 radical (unpaired) electrons. The molecule has 2 aromatic carbocycles. The number of carbonyl (C=O) groups is 2. The van der Waals surface area contributed by atoms with E-state index in [1.54, 1.807) is 29.0 Å². The summed E-state index contributed by atoms with van der Waals surface area (Å²) >= 11 is 0. The third kappa shape index (κ3) is 3.78. The topological polar surface area (TPSA) is 49.9 Å². The summed E-state index contributed by atoms with van der Waals surface area (Å²) in [6.07, 6.45) is 0.905. The van der Waals surface area contributed by atoms with Crippen molar-refractivity contribution in [2.24, 2.45) is 5.92 Å². The Kier molecular flexibility index (Phi) is 5.13. The molecule has 146 valence electrons. The van der Waals surface area contributed by atoms with Gasteiger partial charge in [0.1, 0.15) is 5.82 Å². The van der Waals surface area contributed by atoms with Gasteiger partial charge in [-0.25, -0.2) is 4.39 Å². The molecule has 1 saturated heterocycles. The fraction of sp³-hybridized carbons (Fsp3) is 0.364. The Morgan fingerprint density at radius 1 is 1.14 bits per heavy atom. The molecule has 6 heteroatoms. The summed E-state index contributed by atoms with van der Waals surface area (Å²) in [6, 6.07) is 14.0. The monoisotopic (exact) mass is 382 g/mol. The second-order valence-electron chi connectivity index (χ2n) is 7.51. The van der Waals surface area contributed by atoms with Crippen molar-refractivity contribution < 1.29 is 18.7 Å². The van der Waals surface area contributed by atoms with Crippen molar-refractivity contribution in [3.8, 4) is 0 Å².